The Morgan fingerprint density at radius 1 is 1.42 bits per heavy atom. The van der Waals surface area contributed by atoms with Crippen molar-refractivity contribution >= 4 is 34.2 Å². The lowest BCUT2D eigenvalue weighted by Crippen LogP contribution is -2.26. The minimum Gasteiger partial charge on any atom is -0.444 e. The van der Waals surface area contributed by atoms with E-state index in [1.807, 2.05) is 32.5 Å². The van der Waals surface area contributed by atoms with Gasteiger partial charge in [-0.05, 0) is 45.1 Å². The van der Waals surface area contributed by atoms with Crippen LogP contribution in [0.3, 0.4) is 0 Å². The fourth-order valence-electron chi connectivity index (χ4n) is 1.88. The van der Waals surface area contributed by atoms with Gasteiger partial charge in [-0.15, -0.1) is 11.3 Å². The third kappa shape index (κ3) is 4.69. The number of carbonyl (C=O) groups excluding carboxylic acids is 1. The van der Waals surface area contributed by atoms with Gasteiger partial charge in [0.1, 0.15) is 10.6 Å². The molecule has 1 saturated heterocycles. The van der Waals surface area contributed by atoms with Crippen LogP contribution in [0.2, 0.25) is 0 Å². The van der Waals surface area contributed by atoms with E-state index >= 15 is 0 Å². The van der Waals surface area contributed by atoms with E-state index in [2.05, 4.69) is 10.3 Å². The summed E-state index contributed by atoms with van der Waals surface area (Å²) < 4.78 is 5.22. The molecule has 0 spiro atoms. The highest BCUT2D eigenvalue weighted by atomic mass is 32.2. The number of anilines is 1. The van der Waals surface area contributed by atoms with Gasteiger partial charge in [-0.25, -0.2) is 9.78 Å². The normalized spacial score (nSPS) is 17.2. The molecule has 1 aromatic rings. The Morgan fingerprint density at radius 2 is 2.11 bits per heavy atom. The number of ether oxygens (including phenoxy) is 1. The Hall–Kier alpha value is -0.750. The molecule has 1 aromatic heterocycles. The van der Waals surface area contributed by atoms with Gasteiger partial charge in [0.15, 0.2) is 0 Å². The summed E-state index contributed by atoms with van der Waals surface area (Å²) in [5, 5.41) is 4.64. The lowest BCUT2D eigenvalue weighted by Gasteiger charge is -2.19. The van der Waals surface area contributed by atoms with Crippen LogP contribution in [0.1, 0.15) is 44.5 Å². The minimum atomic E-state index is -0.474. The van der Waals surface area contributed by atoms with Gasteiger partial charge < -0.3 is 4.74 Å². The zero-order valence-electron chi connectivity index (χ0n) is 11.6. The molecule has 0 saturated carbocycles. The fraction of sp³-hybridized carbons (Fsp3) is 0.692. The predicted molar refractivity (Wildman–Crippen MR) is 81.3 cm³/mol. The fourth-order valence-corrected chi connectivity index (χ4v) is 3.96. The SMILES string of the molecule is CC(C)(C)OC(=O)Nc1cnc(C2CCSCC2)s1. The van der Waals surface area contributed by atoms with Crippen LogP contribution in [-0.2, 0) is 4.74 Å². The number of rotatable bonds is 2. The molecular formula is C13H20N2O2S2. The number of nitrogens with zero attached hydrogens (tertiary/aromatic N) is 1. The van der Waals surface area contributed by atoms with Gasteiger partial charge in [-0.3, -0.25) is 5.32 Å². The van der Waals surface area contributed by atoms with Crippen molar-refractivity contribution in [1.82, 2.24) is 4.98 Å². The van der Waals surface area contributed by atoms with Crippen molar-refractivity contribution in [2.45, 2.75) is 45.1 Å². The Bertz CT molecular complexity index is 434. The van der Waals surface area contributed by atoms with E-state index in [1.54, 1.807) is 17.5 Å². The van der Waals surface area contributed by atoms with Gasteiger partial charge in [0.2, 0.25) is 0 Å². The zero-order chi connectivity index (χ0) is 13.9. The van der Waals surface area contributed by atoms with Crippen molar-refractivity contribution in [2.24, 2.45) is 0 Å². The monoisotopic (exact) mass is 300 g/mol. The van der Waals surface area contributed by atoms with Crippen molar-refractivity contribution < 1.29 is 9.53 Å². The van der Waals surface area contributed by atoms with Crippen molar-refractivity contribution in [3.05, 3.63) is 11.2 Å². The first kappa shape index (κ1) is 14.7. The van der Waals surface area contributed by atoms with Crippen molar-refractivity contribution in [3.8, 4) is 0 Å². The second-order valence-electron chi connectivity index (χ2n) is 5.58. The molecule has 0 atom stereocenters. The summed E-state index contributed by atoms with van der Waals surface area (Å²) in [6.07, 6.45) is 3.68. The van der Waals surface area contributed by atoms with E-state index in [9.17, 15) is 4.79 Å². The average molecular weight is 300 g/mol. The maximum absolute atomic E-state index is 11.7. The summed E-state index contributed by atoms with van der Waals surface area (Å²) in [7, 11) is 0. The lowest BCUT2D eigenvalue weighted by molar-refractivity contribution is 0.0636. The number of thiazole rings is 1. The van der Waals surface area contributed by atoms with Gasteiger partial charge in [0.25, 0.3) is 0 Å². The summed E-state index contributed by atoms with van der Waals surface area (Å²) >= 11 is 3.57. The third-order valence-corrected chi connectivity index (χ3v) is 4.84. The van der Waals surface area contributed by atoms with Crippen LogP contribution in [0, 0.1) is 0 Å². The molecule has 6 heteroatoms. The van der Waals surface area contributed by atoms with E-state index in [0.717, 1.165) is 10.0 Å². The van der Waals surface area contributed by atoms with Crippen molar-refractivity contribution in [3.63, 3.8) is 0 Å². The Kier molecular flexibility index (Phi) is 4.73. The molecule has 2 rings (SSSR count). The molecule has 0 aromatic carbocycles. The largest absolute Gasteiger partial charge is 0.444 e. The molecule has 0 radical (unpaired) electrons. The maximum atomic E-state index is 11.7. The molecule has 1 N–H and O–H groups in total. The van der Waals surface area contributed by atoms with Gasteiger partial charge in [-0.1, -0.05) is 0 Å². The number of nitrogens with one attached hydrogen (secondary N) is 1. The molecule has 1 fully saturated rings. The Balaban J connectivity index is 1.91. The topological polar surface area (TPSA) is 51.2 Å². The van der Waals surface area contributed by atoms with Crippen LogP contribution in [0.25, 0.3) is 0 Å². The highest BCUT2D eigenvalue weighted by Crippen LogP contribution is 2.35. The molecule has 19 heavy (non-hydrogen) atoms. The quantitative estimate of drug-likeness (QED) is 0.893. The molecule has 1 amide bonds. The second kappa shape index (κ2) is 6.13. The van der Waals surface area contributed by atoms with E-state index in [-0.39, 0.29) is 0 Å². The highest BCUT2D eigenvalue weighted by molar-refractivity contribution is 7.99. The molecule has 0 unspecified atom stereocenters. The molecule has 0 bridgehead atoms. The second-order valence-corrected chi connectivity index (χ2v) is 7.86. The van der Waals surface area contributed by atoms with Gasteiger partial charge in [0.05, 0.1) is 11.2 Å². The van der Waals surface area contributed by atoms with E-state index < -0.39 is 11.7 Å². The summed E-state index contributed by atoms with van der Waals surface area (Å²) in [5.41, 5.74) is -0.474. The van der Waals surface area contributed by atoms with Crippen molar-refractivity contribution in [1.29, 1.82) is 0 Å². The van der Waals surface area contributed by atoms with E-state index in [1.165, 1.54) is 24.3 Å². The van der Waals surface area contributed by atoms with Crippen LogP contribution in [0.4, 0.5) is 9.80 Å². The first-order valence-corrected chi connectivity index (χ1v) is 8.44. The van der Waals surface area contributed by atoms with E-state index in [0.29, 0.717) is 5.92 Å². The van der Waals surface area contributed by atoms with Crippen LogP contribution in [0.15, 0.2) is 6.20 Å². The van der Waals surface area contributed by atoms with Crippen LogP contribution in [0.5, 0.6) is 0 Å². The number of carbonyl (C=O) groups is 1. The standard InChI is InChI=1S/C13H20N2O2S2/c1-13(2,3)17-12(16)15-10-8-14-11(19-10)9-4-6-18-7-5-9/h8-9H,4-7H2,1-3H3,(H,15,16). The zero-order valence-corrected chi connectivity index (χ0v) is 13.2. The number of amides is 1. The predicted octanol–water partition coefficient (Wildman–Crippen LogP) is 4.10. The Morgan fingerprint density at radius 3 is 2.74 bits per heavy atom. The molecule has 106 valence electrons. The summed E-state index contributed by atoms with van der Waals surface area (Å²) in [6.45, 7) is 5.55. The third-order valence-electron chi connectivity index (χ3n) is 2.72. The Labute approximate surface area is 122 Å². The van der Waals surface area contributed by atoms with Gasteiger partial charge in [-0.2, -0.15) is 11.8 Å². The smallest absolute Gasteiger partial charge is 0.412 e. The molecule has 4 nitrogen and oxygen atoms in total. The first-order chi connectivity index (χ1) is 8.94. The molecule has 1 aliphatic heterocycles. The average Bonchev–Trinajstić information content (AvgIpc) is 2.76. The maximum Gasteiger partial charge on any atom is 0.412 e. The lowest BCUT2D eigenvalue weighted by atomic mass is 10.0. The number of thioether (sulfide) groups is 1. The summed E-state index contributed by atoms with van der Waals surface area (Å²) in [5.74, 6) is 2.97. The molecular weight excluding hydrogens is 280 g/mol. The highest BCUT2D eigenvalue weighted by Gasteiger charge is 2.20. The van der Waals surface area contributed by atoms with E-state index in [4.69, 9.17) is 4.74 Å². The van der Waals surface area contributed by atoms with Gasteiger partial charge in [0, 0.05) is 5.92 Å². The van der Waals surface area contributed by atoms with Crippen LogP contribution >= 0.6 is 23.1 Å². The summed E-state index contributed by atoms with van der Waals surface area (Å²) in [6, 6.07) is 0. The van der Waals surface area contributed by atoms with Crippen LogP contribution in [-0.4, -0.2) is 28.2 Å². The van der Waals surface area contributed by atoms with Crippen LogP contribution < -0.4 is 5.32 Å². The summed E-state index contributed by atoms with van der Waals surface area (Å²) in [4.78, 5) is 16.1. The molecule has 0 aliphatic carbocycles. The first-order valence-electron chi connectivity index (χ1n) is 6.47. The number of hydrogen-bond acceptors (Lipinski definition) is 5. The van der Waals surface area contributed by atoms with Gasteiger partial charge >= 0.3 is 6.09 Å². The number of aromatic nitrogens is 1. The molecule has 1 aliphatic rings. The minimum absolute atomic E-state index is 0.415. The molecule has 2 heterocycles. The number of hydrogen-bond donors (Lipinski definition) is 1. The van der Waals surface area contributed by atoms with Crippen molar-refractivity contribution in [2.75, 3.05) is 16.8 Å².